The van der Waals surface area contributed by atoms with Crippen molar-refractivity contribution in [2.75, 3.05) is 19.8 Å². The third kappa shape index (κ3) is 4.18. The van der Waals surface area contributed by atoms with Gasteiger partial charge in [-0.3, -0.25) is 9.69 Å². The van der Waals surface area contributed by atoms with E-state index in [2.05, 4.69) is 20.8 Å². The van der Waals surface area contributed by atoms with E-state index in [0.29, 0.717) is 24.8 Å². The summed E-state index contributed by atoms with van der Waals surface area (Å²) in [5, 5.41) is 9.60. The molecule has 6 heteroatoms. The van der Waals surface area contributed by atoms with Gasteiger partial charge in [-0.15, -0.1) is 0 Å². The minimum Gasteiger partial charge on any atom is -0.481 e. The second kappa shape index (κ2) is 6.70. The Bertz CT molecular complexity index is 469. The van der Waals surface area contributed by atoms with Gasteiger partial charge < -0.3 is 9.84 Å². The lowest BCUT2D eigenvalue weighted by molar-refractivity contribution is -0.140. The number of rotatable bonds is 4. The fraction of sp³-hybridized carbons (Fsp3) is 0.462. The Morgan fingerprint density at radius 3 is 3.05 bits per heavy atom. The molecule has 0 saturated carbocycles. The summed E-state index contributed by atoms with van der Waals surface area (Å²) >= 11 is 9.36. The van der Waals surface area contributed by atoms with E-state index in [9.17, 15) is 4.79 Å². The number of halogens is 2. The molecule has 1 atom stereocenters. The summed E-state index contributed by atoms with van der Waals surface area (Å²) in [4.78, 5) is 13.0. The first-order valence-corrected chi connectivity index (χ1v) is 7.21. The molecular formula is C13H15BrClNO3. The topological polar surface area (TPSA) is 49.8 Å². The molecule has 19 heavy (non-hydrogen) atoms. The van der Waals surface area contributed by atoms with Crippen molar-refractivity contribution in [2.45, 2.75) is 19.0 Å². The summed E-state index contributed by atoms with van der Waals surface area (Å²) in [6.07, 6.45) is 0.106. The first-order valence-electron chi connectivity index (χ1n) is 6.04. The second-order valence-corrected chi connectivity index (χ2v) is 5.81. The van der Waals surface area contributed by atoms with Crippen LogP contribution in [-0.2, 0) is 16.1 Å². The minimum atomic E-state index is -0.794. The number of ether oxygens (including phenoxy) is 1. The molecule has 1 heterocycles. The van der Waals surface area contributed by atoms with E-state index in [4.69, 9.17) is 21.4 Å². The molecule has 0 aliphatic carbocycles. The van der Waals surface area contributed by atoms with Crippen molar-refractivity contribution in [3.05, 3.63) is 33.3 Å². The first-order chi connectivity index (χ1) is 9.06. The van der Waals surface area contributed by atoms with Gasteiger partial charge in [0.25, 0.3) is 0 Å². The van der Waals surface area contributed by atoms with Gasteiger partial charge in [0.2, 0.25) is 0 Å². The van der Waals surface area contributed by atoms with Crippen LogP contribution in [0.2, 0.25) is 5.02 Å². The smallest absolute Gasteiger partial charge is 0.305 e. The van der Waals surface area contributed by atoms with E-state index in [1.165, 1.54) is 0 Å². The Kier molecular flexibility index (Phi) is 5.21. The first kappa shape index (κ1) is 14.8. The Balaban J connectivity index is 2.06. The molecule has 104 valence electrons. The van der Waals surface area contributed by atoms with Crippen LogP contribution in [0, 0.1) is 0 Å². The molecule has 1 aliphatic rings. The molecule has 1 aliphatic heterocycles. The van der Waals surface area contributed by atoms with E-state index in [1.54, 1.807) is 0 Å². The van der Waals surface area contributed by atoms with Gasteiger partial charge in [0.15, 0.2) is 0 Å². The maximum atomic E-state index is 10.9. The largest absolute Gasteiger partial charge is 0.481 e. The predicted octanol–water partition coefficient (Wildman–Crippen LogP) is 2.78. The highest BCUT2D eigenvalue weighted by Crippen LogP contribution is 2.24. The van der Waals surface area contributed by atoms with Crippen LogP contribution < -0.4 is 0 Å². The summed E-state index contributed by atoms with van der Waals surface area (Å²) in [5.41, 5.74) is 1.11. The number of morpholine rings is 1. The van der Waals surface area contributed by atoms with Crippen LogP contribution >= 0.6 is 27.5 Å². The maximum Gasteiger partial charge on any atom is 0.305 e. The zero-order valence-corrected chi connectivity index (χ0v) is 12.7. The molecule has 1 saturated heterocycles. The van der Waals surface area contributed by atoms with Crippen LogP contribution in [0.1, 0.15) is 12.0 Å². The lowest BCUT2D eigenvalue weighted by Gasteiger charge is -2.34. The van der Waals surface area contributed by atoms with E-state index < -0.39 is 5.97 Å². The highest BCUT2D eigenvalue weighted by molar-refractivity contribution is 9.10. The van der Waals surface area contributed by atoms with Crippen LogP contribution in [0.3, 0.4) is 0 Å². The fourth-order valence-electron chi connectivity index (χ4n) is 2.16. The minimum absolute atomic E-state index is 0.0688. The van der Waals surface area contributed by atoms with Crippen molar-refractivity contribution < 1.29 is 14.6 Å². The van der Waals surface area contributed by atoms with Gasteiger partial charge in [0, 0.05) is 23.6 Å². The fourth-order valence-corrected chi connectivity index (χ4v) is 2.70. The molecule has 2 rings (SSSR count). The van der Waals surface area contributed by atoms with E-state index >= 15 is 0 Å². The zero-order chi connectivity index (χ0) is 13.8. The van der Waals surface area contributed by atoms with E-state index in [-0.39, 0.29) is 12.5 Å². The third-order valence-electron chi connectivity index (χ3n) is 3.13. The normalized spacial score (nSPS) is 20.4. The predicted molar refractivity (Wildman–Crippen MR) is 76.4 cm³/mol. The van der Waals surface area contributed by atoms with Crippen molar-refractivity contribution in [1.82, 2.24) is 4.90 Å². The molecule has 0 spiro atoms. The van der Waals surface area contributed by atoms with Crippen LogP contribution in [0.4, 0.5) is 0 Å². The number of aliphatic carboxylic acids is 1. The Labute approximate surface area is 125 Å². The second-order valence-electron chi connectivity index (χ2n) is 4.55. The number of benzene rings is 1. The van der Waals surface area contributed by atoms with Crippen molar-refractivity contribution in [1.29, 1.82) is 0 Å². The van der Waals surface area contributed by atoms with Crippen molar-refractivity contribution >= 4 is 33.5 Å². The van der Waals surface area contributed by atoms with Gasteiger partial charge in [-0.2, -0.15) is 0 Å². The number of hydrogen-bond acceptors (Lipinski definition) is 3. The van der Waals surface area contributed by atoms with Crippen LogP contribution in [-0.4, -0.2) is 41.8 Å². The molecule has 1 N–H and O–H groups in total. The molecule has 1 unspecified atom stereocenters. The molecule has 1 fully saturated rings. The summed E-state index contributed by atoms with van der Waals surface area (Å²) in [6.45, 7) is 2.57. The molecule has 0 aromatic heterocycles. The van der Waals surface area contributed by atoms with Gasteiger partial charge in [0.05, 0.1) is 24.7 Å². The van der Waals surface area contributed by atoms with Crippen LogP contribution in [0.15, 0.2) is 22.7 Å². The number of nitrogens with zero attached hydrogens (tertiary/aromatic N) is 1. The van der Waals surface area contributed by atoms with E-state index in [1.807, 2.05) is 18.2 Å². The van der Waals surface area contributed by atoms with E-state index in [0.717, 1.165) is 16.6 Å². The SMILES string of the molecule is O=C(O)CC1COCCN1Cc1ccc(Cl)c(Br)c1. The molecular weight excluding hydrogens is 334 g/mol. The summed E-state index contributed by atoms with van der Waals surface area (Å²) in [6, 6.07) is 5.70. The summed E-state index contributed by atoms with van der Waals surface area (Å²) < 4.78 is 6.21. The van der Waals surface area contributed by atoms with Crippen LogP contribution in [0.5, 0.6) is 0 Å². The molecule has 0 amide bonds. The molecule has 1 aromatic rings. The maximum absolute atomic E-state index is 10.9. The van der Waals surface area contributed by atoms with Crippen LogP contribution in [0.25, 0.3) is 0 Å². The third-order valence-corrected chi connectivity index (χ3v) is 4.34. The standard InChI is InChI=1S/C13H15BrClNO3/c14-11-5-9(1-2-12(11)15)7-16-3-4-19-8-10(16)6-13(17)18/h1-2,5,10H,3-4,6-8H2,(H,17,18). The molecule has 0 radical (unpaired) electrons. The summed E-state index contributed by atoms with van der Waals surface area (Å²) in [5.74, 6) is -0.794. The number of carboxylic acid groups (broad SMARTS) is 1. The summed E-state index contributed by atoms with van der Waals surface area (Å²) in [7, 11) is 0. The van der Waals surface area contributed by atoms with Crippen molar-refractivity contribution in [3.63, 3.8) is 0 Å². The van der Waals surface area contributed by atoms with Crippen molar-refractivity contribution in [3.8, 4) is 0 Å². The van der Waals surface area contributed by atoms with Gasteiger partial charge in [0.1, 0.15) is 0 Å². The lowest BCUT2D eigenvalue weighted by Crippen LogP contribution is -2.45. The van der Waals surface area contributed by atoms with Gasteiger partial charge in [-0.25, -0.2) is 0 Å². The number of hydrogen-bond donors (Lipinski definition) is 1. The molecule has 1 aromatic carbocycles. The zero-order valence-electron chi connectivity index (χ0n) is 10.3. The Morgan fingerprint density at radius 1 is 1.58 bits per heavy atom. The highest BCUT2D eigenvalue weighted by Gasteiger charge is 2.25. The molecule has 4 nitrogen and oxygen atoms in total. The average Bonchev–Trinajstić information content (AvgIpc) is 2.36. The monoisotopic (exact) mass is 347 g/mol. The van der Waals surface area contributed by atoms with Gasteiger partial charge in [-0.1, -0.05) is 17.7 Å². The Hall–Kier alpha value is -0.620. The van der Waals surface area contributed by atoms with Gasteiger partial charge >= 0.3 is 5.97 Å². The average molecular weight is 349 g/mol. The molecule has 0 bridgehead atoms. The number of carboxylic acids is 1. The quantitative estimate of drug-likeness (QED) is 0.909. The lowest BCUT2D eigenvalue weighted by atomic mass is 10.1. The van der Waals surface area contributed by atoms with Gasteiger partial charge in [-0.05, 0) is 33.6 Å². The van der Waals surface area contributed by atoms with Crippen molar-refractivity contribution in [2.24, 2.45) is 0 Å². The highest BCUT2D eigenvalue weighted by atomic mass is 79.9. The Morgan fingerprint density at radius 2 is 2.37 bits per heavy atom. The number of carbonyl (C=O) groups is 1.